The van der Waals surface area contributed by atoms with Crippen molar-refractivity contribution in [3.63, 3.8) is 0 Å². The summed E-state index contributed by atoms with van der Waals surface area (Å²) in [5.41, 5.74) is 10.0. The van der Waals surface area contributed by atoms with Gasteiger partial charge in [-0.25, -0.2) is 4.79 Å². The molecule has 0 rings (SSSR count). The summed E-state index contributed by atoms with van der Waals surface area (Å²) >= 11 is 0. The van der Waals surface area contributed by atoms with E-state index in [-0.39, 0.29) is 17.1 Å². The van der Waals surface area contributed by atoms with E-state index < -0.39 is 5.97 Å². The molecule has 0 aliphatic carbocycles. The van der Waals surface area contributed by atoms with Crippen LogP contribution >= 0.6 is 0 Å². The normalized spacial score (nSPS) is 12.1. The molecule has 0 spiro atoms. The maximum absolute atomic E-state index is 10.3. The summed E-state index contributed by atoms with van der Waals surface area (Å²) in [5, 5.41) is 15.3. The van der Waals surface area contributed by atoms with Crippen LogP contribution in [0.2, 0.25) is 0 Å². The van der Waals surface area contributed by atoms with Gasteiger partial charge in [0.25, 0.3) is 0 Å². The molecular formula is C6H11N3O2. The average Bonchev–Trinajstić information content (AvgIpc) is 1.88. The SMILES string of the molecule is CCC(C(=N)N)=C(N)C(=O)O. The molecule has 0 saturated carbocycles. The molecule has 0 aliphatic rings. The van der Waals surface area contributed by atoms with Crippen molar-refractivity contribution in [2.24, 2.45) is 11.5 Å². The Morgan fingerprint density at radius 2 is 2.00 bits per heavy atom. The van der Waals surface area contributed by atoms with Crippen LogP contribution in [0.3, 0.4) is 0 Å². The van der Waals surface area contributed by atoms with Crippen molar-refractivity contribution in [1.29, 1.82) is 5.41 Å². The van der Waals surface area contributed by atoms with E-state index in [0.29, 0.717) is 6.42 Å². The van der Waals surface area contributed by atoms with Gasteiger partial charge in [-0.3, -0.25) is 5.41 Å². The number of nitrogens with two attached hydrogens (primary N) is 2. The first-order valence-corrected chi connectivity index (χ1v) is 3.07. The minimum absolute atomic E-state index is 0.178. The Bertz CT molecular complexity index is 220. The number of carboxylic acids is 1. The number of amidine groups is 1. The topological polar surface area (TPSA) is 113 Å². The van der Waals surface area contributed by atoms with E-state index in [1.54, 1.807) is 6.92 Å². The van der Waals surface area contributed by atoms with Crippen LogP contribution in [0.1, 0.15) is 13.3 Å². The van der Waals surface area contributed by atoms with Crippen LogP contribution in [-0.2, 0) is 4.79 Å². The van der Waals surface area contributed by atoms with Gasteiger partial charge >= 0.3 is 5.97 Å². The maximum Gasteiger partial charge on any atom is 0.352 e. The first kappa shape index (κ1) is 9.48. The van der Waals surface area contributed by atoms with Crippen molar-refractivity contribution < 1.29 is 9.90 Å². The van der Waals surface area contributed by atoms with Crippen molar-refractivity contribution in [2.75, 3.05) is 0 Å². The summed E-state index contributed by atoms with van der Waals surface area (Å²) < 4.78 is 0. The van der Waals surface area contributed by atoms with E-state index in [9.17, 15) is 4.79 Å². The average molecular weight is 157 g/mol. The van der Waals surface area contributed by atoms with Gasteiger partial charge < -0.3 is 16.6 Å². The Hall–Kier alpha value is -1.52. The Balaban J connectivity index is 4.83. The lowest BCUT2D eigenvalue weighted by Gasteiger charge is -2.03. The van der Waals surface area contributed by atoms with Crippen molar-refractivity contribution in [3.05, 3.63) is 11.3 Å². The Labute approximate surface area is 64.2 Å². The first-order chi connectivity index (χ1) is 5.00. The van der Waals surface area contributed by atoms with Crippen LogP contribution in [-0.4, -0.2) is 16.9 Å². The number of hydrogen-bond donors (Lipinski definition) is 4. The van der Waals surface area contributed by atoms with Crippen molar-refractivity contribution in [3.8, 4) is 0 Å². The fraction of sp³-hybridized carbons (Fsp3) is 0.333. The summed E-state index contributed by atoms with van der Waals surface area (Å²) in [6.45, 7) is 1.69. The highest BCUT2D eigenvalue weighted by Gasteiger charge is 2.10. The van der Waals surface area contributed by atoms with Gasteiger partial charge in [-0.05, 0) is 6.42 Å². The van der Waals surface area contributed by atoms with E-state index in [2.05, 4.69) is 0 Å². The number of nitrogens with one attached hydrogen (secondary N) is 1. The number of rotatable bonds is 3. The highest BCUT2D eigenvalue weighted by Crippen LogP contribution is 2.03. The molecule has 62 valence electrons. The van der Waals surface area contributed by atoms with Crippen LogP contribution in [0.5, 0.6) is 0 Å². The summed E-state index contributed by atoms with van der Waals surface area (Å²) in [4.78, 5) is 10.3. The third-order valence-electron chi connectivity index (χ3n) is 1.23. The van der Waals surface area contributed by atoms with Crippen LogP contribution < -0.4 is 11.5 Å². The second-order valence-electron chi connectivity index (χ2n) is 1.96. The molecule has 11 heavy (non-hydrogen) atoms. The fourth-order valence-electron chi connectivity index (χ4n) is 0.655. The van der Waals surface area contributed by atoms with E-state index in [1.165, 1.54) is 0 Å². The van der Waals surface area contributed by atoms with Crippen LogP contribution in [0, 0.1) is 5.41 Å². The molecule has 6 N–H and O–H groups in total. The molecule has 0 saturated heterocycles. The zero-order valence-corrected chi connectivity index (χ0v) is 6.22. The van der Waals surface area contributed by atoms with Gasteiger partial charge in [-0.1, -0.05) is 6.92 Å². The molecular weight excluding hydrogens is 146 g/mol. The van der Waals surface area contributed by atoms with Crippen molar-refractivity contribution in [1.82, 2.24) is 0 Å². The highest BCUT2D eigenvalue weighted by atomic mass is 16.4. The standard InChI is InChI=1S/C6H11N3O2/c1-2-3(5(8)9)4(7)6(10)11/h2,7H2,1H3,(H3,8,9)(H,10,11). The zero-order valence-electron chi connectivity index (χ0n) is 6.22. The molecule has 5 nitrogen and oxygen atoms in total. The maximum atomic E-state index is 10.3. The van der Waals surface area contributed by atoms with Crippen LogP contribution in [0.4, 0.5) is 0 Å². The van der Waals surface area contributed by atoms with E-state index in [4.69, 9.17) is 22.0 Å². The monoisotopic (exact) mass is 157 g/mol. The Kier molecular flexibility index (Phi) is 3.10. The third-order valence-corrected chi connectivity index (χ3v) is 1.23. The summed E-state index contributed by atoms with van der Waals surface area (Å²) in [5.74, 6) is -1.52. The van der Waals surface area contributed by atoms with E-state index in [0.717, 1.165) is 0 Å². The summed E-state index contributed by atoms with van der Waals surface area (Å²) in [6.07, 6.45) is 0.355. The van der Waals surface area contributed by atoms with Gasteiger partial charge in [0, 0.05) is 5.57 Å². The van der Waals surface area contributed by atoms with E-state index >= 15 is 0 Å². The molecule has 0 aliphatic heterocycles. The first-order valence-electron chi connectivity index (χ1n) is 3.07. The van der Waals surface area contributed by atoms with Gasteiger partial charge in [0.1, 0.15) is 11.5 Å². The highest BCUT2D eigenvalue weighted by molar-refractivity contribution is 6.02. The van der Waals surface area contributed by atoms with Crippen molar-refractivity contribution >= 4 is 11.8 Å². The summed E-state index contributed by atoms with van der Waals surface area (Å²) in [6, 6.07) is 0. The smallest absolute Gasteiger partial charge is 0.352 e. The lowest BCUT2D eigenvalue weighted by atomic mass is 10.1. The molecule has 0 fully saturated rings. The van der Waals surface area contributed by atoms with Crippen molar-refractivity contribution in [2.45, 2.75) is 13.3 Å². The molecule has 0 bridgehead atoms. The summed E-state index contributed by atoms with van der Waals surface area (Å²) in [7, 11) is 0. The minimum Gasteiger partial charge on any atom is -0.477 e. The molecule has 0 aromatic heterocycles. The predicted octanol–water partition coefficient (Wildman–Crippen LogP) is -0.370. The predicted molar refractivity (Wildman–Crippen MR) is 41.1 cm³/mol. The van der Waals surface area contributed by atoms with Gasteiger partial charge in [-0.2, -0.15) is 0 Å². The number of hydrogen-bond acceptors (Lipinski definition) is 3. The molecule has 0 radical (unpaired) electrons. The Morgan fingerprint density at radius 1 is 1.55 bits per heavy atom. The third kappa shape index (κ3) is 2.29. The quantitative estimate of drug-likeness (QED) is 0.254. The molecule has 0 atom stereocenters. The van der Waals surface area contributed by atoms with Gasteiger partial charge in [0.15, 0.2) is 0 Å². The second kappa shape index (κ2) is 3.60. The molecule has 0 aromatic rings. The molecule has 5 heteroatoms. The second-order valence-corrected chi connectivity index (χ2v) is 1.96. The largest absolute Gasteiger partial charge is 0.477 e. The van der Waals surface area contributed by atoms with E-state index in [1.807, 2.05) is 0 Å². The Morgan fingerprint density at radius 3 is 2.09 bits per heavy atom. The van der Waals surface area contributed by atoms with Gasteiger partial charge in [-0.15, -0.1) is 0 Å². The lowest BCUT2D eigenvalue weighted by molar-refractivity contribution is -0.132. The fourth-order valence-corrected chi connectivity index (χ4v) is 0.655. The molecule has 0 heterocycles. The minimum atomic E-state index is -1.24. The molecule has 0 aromatic carbocycles. The van der Waals surface area contributed by atoms with Crippen LogP contribution in [0.25, 0.3) is 0 Å². The number of carboxylic acid groups (broad SMARTS) is 1. The number of aliphatic carboxylic acids is 1. The lowest BCUT2D eigenvalue weighted by Crippen LogP contribution is -2.22. The number of carbonyl (C=O) groups is 1. The zero-order chi connectivity index (χ0) is 9.02. The molecule has 0 unspecified atom stereocenters. The molecule has 0 amide bonds. The van der Waals surface area contributed by atoms with Gasteiger partial charge in [0.05, 0.1) is 0 Å². The van der Waals surface area contributed by atoms with Crippen LogP contribution in [0.15, 0.2) is 11.3 Å². The van der Waals surface area contributed by atoms with Gasteiger partial charge in [0.2, 0.25) is 0 Å².